The highest BCUT2D eigenvalue weighted by Crippen LogP contribution is 2.25. The topological polar surface area (TPSA) is 55.5 Å². The highest BCUT2D eigenvalue weighted by atomic mass is 19.1. The summed E-state index contributed by atoms with van der Waals surface area (Å²) in [5.74, 6) is 0.303. The van der Waals surface area contributed by atoms with Crippen molar-refractivity contribution in [2.75, 3.05) is 13.2 Å². The highest BCUT2D eigenvalue weighted by Gasteiger charge is 2.10. The molecule has 0 spiro atoms. The molecule has 1 rings (SSSR count). The van der Waals surface area contributed by atoms with Crippen molar-refractivity contribution in [2.45, 2.75) is 19.9 Å². The summed E-state index contributed by atoms with van der Waals surface area (Å²) < 4.78 is 18.5. The van der Waals surface area contributed by atoms with Crippen molar-refractivity contribution < 1.29 is 14.2 Å². The number of halogens is 1. The summed E-state index contributed by atoms with van der Waals surface area (Å²) in [7, 11) is 0. The smallest absolute Gasteiger partial charge is 0.124 e. The van der Waals surface area contributed by atoms with Gasteiger partial charge in [0.15, 0.2) is 0 Å². The summed E-state index contributed by atoms with van der Waals surface area (Å²) in [6.45, 7) is 4.10. The average Bonchev–Trinajstić information content (AvgIpc) is 2.26. The average molecular weight is 227 g/mol. The lowest BCUT2D eigenvalue weighted by Crippen LogP contribution is -2.14. The molecular weight excluding hydrogens is 209 g/mol. The number of ether oxygens (including phenoxy) is 1. The van der Waals surface area contributed by atoms with Gasteiger partial charge in [-0.3, -0.25) is 0 Å². The van der Waals surface area contributed by atoms with Gasteiger partial charge in [-0.1, -0.05) is 6.92 Å². The Balaban J connectivity index is 2.78. The van der Waals surface area contributed by atoms with E-state index in [0.29, 0.717) is 17.9 Å². The summed E-state index contributed by atoms with van der Waals surface area (Å²) in [6.07, 6.45) is 0. The Bertz CT molecular complexity index is 342. The van der Waals surface area contributed by atoms with Crippen molar-refractivity contribution in [3.05, 3.63) is 29.6 Å². The minimum atomic E-state index is -0.324. The minimum absolute atomic E-state index is 0.0472. The summed E-state index contributed by atoms with van der Waals surface area (Å²) in [5.41, 5.74) is 6.37. The lowest BCUT2D eigenvalue weighted by atomic mass is 10.1. The van der Waals surface area contributed by atoms with E-state index < -0.39 is 0 Å². The normalized spacial score (nSPS) is 14.6. The van der Waals surface area contributed by atoms with E-state index in [1.165, 1.54) is 12.1 Å². The maximum absolute atomic E-state index is 13.0. The van der Waals surface area contributed by atoms with E-state index in [1.807, 2.05) is 6.92 Å². The van der Waals surface area contributed by atoms with E-state index in [9.17, 15) is 4.39 Å². The minimum Gasteiger partial charge on any atom is -0.493 e. The molecule has 1 aromatic carbocycles. The maximum atomic E-state index is 13.0. The van der Waals surface area contributed by atoms with Crippen LogP contribution in [0.2, 0.25) is 0 Å². The maximum Gasteiger partial charge on any atom is 0.124 e. The second-order valence-electron chi connectivity index (χ2n) is 4.07. The monoisotopic (exact) mass is 227 g/mol. The molecule has 0 saturated carbocycles. The van der Waals surface area contributed by atoms with E-state index >= 15 is 0 Å². The third-order valence-corrected chi connectivity index (χ3v) is 2.30. The Kier molecular flexibility index (Phi) is 4.71. The number of benzene rings is 1. The quantitative estimate of drug-likeness (QED) is 0.807. The zero-order chi connectivity index (χ0) is 12.1. The lowest BCUT2D eigenvalue weighted by molar-refractivity contribution is 0.173. The molecule has 0 amide bonds. The van der Waals surface area contributed by atoms with E-state index in [0.717, 1.165) is 0 Å². The first kappa shape index (κ1) is 12.9. The number of aliphatic hydroxyl groups excluding tert-OH is 1. The second kappa shape index (κ2) is 5.82. The molecule has 2 atom stereocenters. The van der Waals surface area contributed by atoms with E-state index in [2.05, 4.69) is 0 Å². The number of rotatable bonds is 5. The summed E-state index contributed by atoms with van der Waals surface area (Å²) in [5, 5.41) is 8.87. The molecular formula is C12H18FNO2. The van der Waals surface area contributed by atoms with E-state index in [4.69, 9.17) is 15.6 Å². The van der Waals surface area contributed by atoms with Crippen LogP contribution in [0.5, 0.6) is 5.75 Å². The number of hydrogen-bond donors (Lipinski definition) is 2. The zero-order valence-electron chi connectivity index (χ0n) is 9.61. The Hall–Kier alpha value is -1.13. The van der Waals surface area contributed by atoms with Crippen LogP contribution < -0.4 is 10.5 Å². The number of hydrogen-bond acceptors (Lipinski definition) is 3. The highest BCUT2D eigenvalue weighted by molar-refractivity contribution is 5.36. The molecule has 0 bridgehead atoms. The van der Waals surface area contributed by atoms with Crippen LogP contribution in [-0.2, 0) is 0 Å². The molecule has 0 radical (unpaired) electrons. The van der Waals surface area contributed by atoms with Crippen molar-refractivity contribution in [3.8, 4) is 5.75 Å². The van der Waals surface area contributed by atoms with Gasteiger partial charge in [-0.25, -0.2) is 4.39 Å². The Morgan fingerprint density at radius 1 is 1.44 bits per heavy atom. The summed E-state index contributed by atoms with van der Waals surface area (Å²) in [4.78, 5) is 0. The molecule has 90 valence electrons. The first-order valence-electron chi connectivity index (χ1n) is 5.33. The van der Waals surface area contributed by atoms with Crippen molar-refractivity contribution >= 4 is 0 Å². The molecule has 0 heterocycles. The van der Waals surface area contributed by atoms with Crippen LogP contribution in [0.1, 0.15) is 25.5 Å². The van der Waals surface area contributed by atoms with Gasteiger partial charge >= 0.3 is 0 Å². The summed E-state index contributed by atoms with van der Waals surface area (Å²) in [6, 6.07) is 4.00. The Morgan fingerprint density at radius 2 is 2.12 bits per heavy atom. The van der Waals surface area contributed by atoms with Crippen LogP contribution in [0, 0.1) is 11.7 Å². The van der Waals surface area contributed by atoms with Crippen molar-refractivity contribution in [3.63, 3.8) is 0 Å². The van der Waals surface area contributed by atoms with Crippen LogP contribution in [0.4, 0.5) is 4.39 Å². The Labute approximate surface area is 95.0 Å². The largest absolute Gasteiger partial charge is 0.493 e. The first-order valence-corrected chi connectivity index (χ1v) is 5.33. The fourth-order valence-electron chi connectivity index (χ4n) is 1.29. The molecule has 0 saturated heterocycles. The van der Waals surface area contributed by atoms with Crippen LogP contribution >= 0.6 is 0 Å². The van der Waals surface area contributed by atoms with Gasteiger partial charge in [0.05, 0.1) is 6.61 Å². The van der Waals surface area contributed by atoms with Gasteiger partial charge in [-0.2, -0.15) is 0 Å². The van der Waals surface area contributed by atoms with Crippen molar-refractivity contribution in [1.29, 1.82) is 0 Å². The molecule has 0 aliphatic rings. The van der Waals surface area contributed by atoms with Crippen LogP contribution in [-0.4, -0.2) is 18.3 Å². The standard InChI is InChI=1S/C12H18FNO2/c1-8(6-15)7-16-12-4-3-10(13)5-11(12)9(2)14/h3-5,8-9,15H,6-7,14H2,1-2H3/t8?,9-/m1/s1. The molecule has 0 aromatic heterocycles. The number of nitrogens with two attached hydrogens (primary N) is 1. The van der Waals surface area contributed by atoms with Crippen LogP contribution in [0.25, 0.3) is 0 Å². The van der Waals surface area contributed by atoms with Crippen molar-refractivity contribution in [1.82, 2.24) is 0 Å². The fraction of sp³-hybridized carbons (Fsp3) is 0.500. The van der Waals surface area contributed by atoms with Gasteiger partial charge in [0, 0.05) is 24.1 Å². The number of aliphatic hydroxyl groups is 1. The van der Waals surface area contributed by atoms with Gasteiger partial charge in [0.2, 0.25) is 0 Å². The molecule has 0 aliphatic heterocycles. The summed E-state index contributed by atoms with van der Waals surface area (Å²) >= 11 is 0. The molecule has 0 fully saturated rings. The molecule has 3 nitrogen and oxygen atoms in total. The van der Waals surface area contributed by atoms with E-state index in [1.54, 1.807) is 13.0 Å². The molecule has 3 N–H and O–H groups in total. The first-order chi connectivity index (χ1) is 7.54. The fourth-order valence-corrected chi connectivity index (χ4v) is 1.29. The van der Waals surface area contributed by atoms with Gasteiger partial charge in [0.25, 0.3) is 0 Å². The lowest BCUT2D eigenvalue weighted by Gasteiger charge is -2.16. The third kappa shape index (κ3) is 3.47. The molecule has 4 heteroatoms. The molecule has 1 aromatic rings. The SMILES string of the molecule is CC(CO)COc1ccc(F)cc1[C@@H](C)N. The van der Waals surface area contributed by atoms with Crippen molar-refractivity contribution in [2.24, 2.45) is 11.7 Å². The van der Waals surface area contributed by atoms with Crippen LogP contribution in [0.3, 0.4) is 0 Å². The van der Waals surface area contributed by atoms with Gasteiger partial charge in [-0.15, -0.1) is 0 Å². The van der Waals surface area contributed by atoms with Gasteiger partial charge in [-0.05, 0) is 25.1 Å². The zero-order valence-corrected chi connectivity index (χ0v) is 9.61. The second-order valence-corrected chi connectivity index (χ2v) is 4.07. The molecule has 1 unspecified atom stereocenters. The van der Waals surface area contributed by atoms with Gasteiger partial charge in [0.1, 0.15) is 11.6 Å². The molecule has 16 heavy (non-hydrogen) atoms. The van der Waals surface area contributed by atoms with E-state index in [-0.39, 0.29) is 24.4 Å². The predicted octanol–water partition coefficient (Wildman–Crippen LogP) is 1.85. The Morgan fingerprint density at radius 3 is 2.69 bits per heavy atom. The van der Waals surface area contributed by atoms with Crippen LogP contribution in [0.15, 0.2) is 18.2 Å². The predicted molar refractivity (Wildman–Crippen MR) is 60.7 cm³/mol. The van der Waals surface area contributed by atoms with Gasteiger partial charge < -0.3 is 15.6 Å². The molecule has 0 aliphatic carbocycles. The third-order valence-electron chi connectivity index (χ3n) is 2.30.